The van der Waals surface area contributed by atoms with Crippen molar-refractivity contribution in [1.29, 1.82) is 0 Å². The number of esters is 1. The molecule has 0 amide bonds. The third-order valence-corrected chi connectivity index (χ3v) is 11.9. The fraction of sp³-hybridized carbons (Fsp3) is 0.471. The summed E-state index contributed by atoms with van der Waals surface area (Å²) in [7, 11) is -4.17. The number of nitrogens with two attached hydrogens (primary N) is 1. The van der Waals surface area contributed by atoms with Crippen LogP contribution in [-0.2, 0) is 29.9 Å². The molecule has 1 aliphatic heterocycles. The van der Waals surface area contributed by atoms with Crippen LogP contribution in [0.2, 0.25) is 5.28 Å². The van der Waals surface area contributed by atoms with Gasteiger partial charge < -0.3 is 29.6 Å². The first kappa shape index (κ1) is 34.8. The van der Waals surface area contributed by atoms with Crippen LogP contribution in [0.5, 0.6) is 5.75 Å². The van der Waals surface area contributed by atoms with Crippen LogP contribution in [0.4, 0.5) is 10.2 Å². The standard InChI is InChI=1S/C34H40ClFN7O6P/c1-20(2)47-30(44)21(3)42-50(45,48-23-13-9-6-10-14-23)46-18-24-32(4)33(24,15-16-37)26-27(34(26,36)49-32)43-19-39-25-28(40-31(35)41-29(25)43)38-17-22-11-7-5-8-12-22/h5-14,19-21,24,26-27H,15-18,37H2,1-4H3,(H,42,45)(H,38,40,41)/t21-,24-,26?,27-,32?,33?,34?,50?/m0/s1. The number of fused-ring (bicyclic) bond motifs is 4. The van der Waals surface area contributed by atoms with Gasteiger partial charge in [0.2, 0.25) is 11.1 Å². The first-order valence-corrected chi connectivity index (χ1v) is 18.5. The lowest BCUT2D eigenvalue weighted by Gasteiger charge is -2.24. The number of imidazole rings is 1. The number of carbonyl (C=O) groups excluding carboxylic acids is 1. The van der Waals surface area contributed by atoms with Gasteiger partial charge in [0.25, 0.3) is 0 Å². The molecule has 2 aromatic carbocycles. The molecular weight excluding hydrogens is 688 g/mol. The van der Waals surface area contributed by atoms with E-state index in [4.69, 9.17) is 35.9 Å². The molecule has 8 atom stereocenters. The van der Waals surface area contributed by atoms with Crippen LogP contribution in [0, 0.1) is 17.3 Å². The van der Waals surface area contributed by atoms with Gasteiger partial charge in [-0.2, -0.15) is 15.1 Å². The maximum atomic E-state index is 16.8. The summed E-state index contributed by atoms with van der Waals surface area (Å²) in [5, 5.41) is 5.97. The summed E-state index contributed by atoms with van der Waals surface area (Å²) in [6, 6.07) is 16.5. The van der Waals surface area contributed by atoms with Crippen molar-refractivity contribution in [1.82, 2.24) is 24.6 Å². The molecule has 2 saturated carbocycles. The Bertz CT molecular complexity index is 1940. The number of benzene rings is 2. The molecule has 266 valence electrons. The smallest absolute Gasteiger partial charge is 0.459 e. The van der Waals surface area contributed by atoms with Crippen LogP contribution in [-0.4, -0.2) is 62.2 Å². The van der Waals surface area contributed by atoms with E-state index in [1.807, 2.05) is 37.3 Å². The molecule has 3 heterocycles. The van der Waals surface area contributed by atoms with Gasteiger partial charge in [0.05, 0.1) is 30.6 Å². The molecule has 3 fully saturated rings. The first-order chi connectivity index (χ1) is 23.8. The van der Waals surface area contributed by atoms with Gasteiger partial charge in [-0.15, -0.1) is 0 Å². The Hall–Kier alpha value is -3.65. The van der Waals surface area contributed by atoms with E-state index in [0.717, 1.165) is 5.56 Å². The van der Waals surface area contributed by atoms with Gasteiger partial charge in [-0.3, -0.25) is 9.32 Å². The molecule has 16 heteroatoms. The third-order valence-electron chi connectivity index (χ3n) is 10.1. The summed E-state index contributed by atoms with van der Waals surface area (Å²) in [6.45, 7) is 7.40. The number of hydrogen-bond donors (Lipinski definition) is 3. The molecule has 2 aliphatic carbocycles. The number of rotatable bonds is 15. The quantitative estimate of drug-likeness (QED) is 0.0765. The Kier molecular flexibility index (Phi) is 8.93. The van der Waals surface area contributed by atoms with E-state index < -0.39 is 54.5 Å². The molecule has 5 unspecified atom stereocenters. The van der Waals surface area contributed by atoms with Gasteiger partial charge in [0, 0.05) is 17.9 Å². The minimum absolute atomic E-state index is 0.0122. The summed E-state index contributed by atoms with van der Waals surface area (Å²) in [4.78, 5) is 26.0. The molecule has 0 spiro atoms. The van der Waals surface area contributed by atoms with Crippen molar-refractivity contribution < 1.29 is 32.3 Å². The van der Waals surface area contributed by atoms with E-state index in [1.165, 1.54) is 13.3 Å². The number of alkyl halides is 1. The van der Waals surface area contributed by atoms with Gasteiger partial charge in [0.1, 0.15) is 17.8 Å². The zero-order valence-electron chi connectivity index (χ0n) is 28.1. The van der Waals surface area contributed by atoms with Crippen LogP contribution in [0.25, 0.3) is 11.2 Å². The Labute approximate surface area is 294 Å². The van der Waals surface area contributed by atoms with Crippen molar-refractivity contribution in [2.24, 2.45) is 23.0 Å². The van der Waals surface area contributed by atoms with E-state index in [-0.39, 0.29) is 30.3 Å². The van der Waals surface area contributed by atoms with Crippen molar-refractivity contribution in [2.45, 2.75) is 70.3 Å². The summed E-state index contributed by atoms with van der Waals surface area (Å²) in [5.41, 5.74) is 6.26. The van der Waals surface area contributed by atoms with Gasteiger partial charge in [0.15, 0.2) is 17.0 Å². The lowest BCUT2D eigenvalue weighted by atomic mass is 9.90. The van der Waals surface area contributed by atoms with Crippen LogP contribution in [0.1, 0.15) is 45.7 Å². The fourth-order valence-corrected chi connectivity index (χ4v) is 9.53. The average molecular weight is 728 g/mol. The molecule has 3 aliphatic rings. The molecule has 4 aromatic rings. The average Bonchev–Trinajstić information content (AvgIpc) is 3.66. The number of anilines is 1. The fourth-order valence-electron chi connectivity index (χ4n) is 7.86. The predicted molar refractivity (Wildman–Crippen MR) is 184 cm³/mol. The number of hydrogen-bond acceptors (Lipinski definition) is 11. The normalized spacial score (nSPS) is 29.6. The molecule has 0 radical (unpaired) electrons. The Morgan fingerprint density at radius 2 is 1.84 bits per heavy atom. The zero-order chi connectivity index (χ0) is 35.5. The minimum atomic E-state index is -4.17. The van der Waals surface area contributed by atoms with Crippen molar-refractivity contribution in [3.05, 3.63) is 77.8 Å². The van der Waals surface area contributed by atoms with Crippen molar-refractivity contribution in [3.8, 4) is 5.75 Å². The Morgan fingerprint density at radius 3 is 2.52 bits per heavy atom. The second-order valence-corrected chi connectivity index (χ2v) is 15.5. The number of nitrogens with one attached hydrogen (secondary N) is 2. The Morgan fingerprint density at radius 1 is 1.14 bits per heavy atom. The highest BCUT2D eigenvalue weighted by molar-refractivity contribution is 7.52. The first-order valence-electron chi connectivity index (χ1n) is 16.6. The largest absolute Gasteiger partial charge is 0.462 e. The van der Waals surface area contributed by atoms with E-state index in [0.29, 0.717) is 29.9 Å². The lowest BCUT2D eigenvalue weighted by Crippen LogP contribution is -2.36. The highest BCUT2D eigenvalue weighted by Gasteiger charge is 2.97. The van der Waals surface area contributed by atoms with E-state index in [9.17, 15) is 9.36 Å². The highest BCUT2D eigenvalue weighted by Crippen LogP contribution is 2.89. The number of nitrogens with zero attached hydrogens (tertiary/aromatic N) is 4. The topological polar surface area (TPSA) is 165 Å². The van der Waals surface area contributed by atoms with E-state index >= 15 is 4.39 Å². The van der Waals surface area contributed by atoms with Gasteiger partial charge in [-0.25, -0.2) is 13.9 Å². The molecule has 0 bridgehead atoms. The number of ether oxygens (including phenoxy) is 2. The maximum absolute atomic E-state index is 16.8. The summed E-state index contributed by atoms with van der Waals surface area (Å²) >= 11 is 6.36. The summed E-state index contributed by atoms with van der Waals surface area (Å²) in [6.07, 6.45) is 1.58. The molecule has 50 heavy (non-hydrogen) atoms. The Balaban J connectivity index is 1.13. The molecule has 2 aromatic heterocycles. The number of carbonyl (C=O) groups is 1. The zero-order valence-corrected chi connectivity index (χ0v) is 29.7. The number of para-hydroxylation sites is 1. The molecule has 4 N–H and O–H groups in total. The summed E-state index contributed by atoms with van der Waals surface area (Å²) in [5.74, 6) is -2.97. The molecule has 1 saturated heterocycles. The van der Waals surface area contributed by atoms with Gasteiger partial charge in [-0.05, 0) is 70.0 Å². The van der Waals surface area contributed by atoms with E-state index in [2.05, 4.69) is 25.4 Å². The number of halogens is 2. The van der Waals surface area contributed by atoms with Gasteiger partial charge in [-0.1, -0.05) is 48.5 Å². The SMILES string of the molecule is CC(C)OC(=O)[C@H](C)NP(=O)(OC[C@H]1C2(C)OC3(F)C([C@@H]3n3cnc4c(NCc5ccccc5)nc(Cl)nc43)C12CCN)Oc1ccccc1. The minimum Gasteiger partial charge on any atom is -0.462 e. The lowest BCUT2D eigenvalue weighted by molar-refractivity contribution is -0.149. The van der Waals surface area contributed by atoms with Crippen molar-refractivity contribution in [2.75, 3.05) is 18.5 Å². The monoisotopic (exact) mass is 727 g/mol. The molecule has 7 rings (SSSR count). The third kappa shape index (κ3) is 5.85. The van der Waals surface area contributed by atoms with E-state index in [1.54, 1.807) is 48.7 Å². The van der Waals surface area contributed by atoms with Crippen molar-refractivity contribution in [3.63, 3.8) is 0 Å². The second-order valence-electron chi connectivity index (χ2n) is 13.5. The molecular formula is C34H40ClFN7O6P. The van der Waals surface area contributed by atoms with Gasteiger partial charge >= 0.3 is 13.7 Å². The van der Waals surface area contributed by atoms with Crippen LogP contribution >= 0.6 is 19.3 Å². The van der Waals surface area contributed by atoms with Crippen LogP contribution < -0.4 is 20.7 Å². The van der Waals surface area contributed by atoms with Crippen molar-refractivity contribution >= 4 is 42.3 Å². The maximum Gasteiger partial charge on any atom is 0.459 e. The van der Waals surface area contributed by atoms with Crippen LogP contribution in [0.15, 0.2) is 67.0 Å². The van der Waals surface area contributed by atoms with Crippen LogP contribution in [0.3, 0.4) is 0 Å². The predicted octanol–water partition coefficient (Wildman–Crippen LogP) is 5.82. The molecule has 13 nitrogen and oxygen atoms in total. The number of aromatic nitrogens is 4. The second kappa shape index (κ2) is 12.8. The highest BCUT2D eigenvalue weighted by atomic mass is 35.5. The summed E-state index contributed by atoms with van der Waals surface area (Å²) < 4.78 is 56.2.